The Morgan fingerprint density at radius 3 is 2.92 bits per heavy atom. The number of pyridine rings is 1. The van der Waals surface area contributed by atoms with E-state index in [1.165, 1.54) is 6.07 Å². The molecule has 0 radical (unpaired) electrons. The molecule has 4 N–H and O–H groups in total. The number of nitrogens with one attached hydrogen (secondary N) is 2. The standard InChI is InChI=1S/C24H26ClFN4O6/c25-13-8-16-23(30-24(28-16)36-18-10-35-20-17(32)9-34-21(18)20)29-22(13)27-15-3-2-11-6-12(33-5-1-4-31)7-14(26)19(11)15/h6-8,15,17-18,20-21,31-32H,1-5,9-10H2,(H2,27,28,29,30)/t15?,17-,18-,20-,21-/m1/s1. The van der Waals surface area contributed by atoms with E-state index in [9.17, 15) is 9.50 Å². The van der Waals surface area contributed by atoms with Crippen molar-refractivity contribution in [1.29, 1.82) is 0 Å². The van der Waals surface area contributed by atoms with E-state index in [2.05, 4.69) is 20.3 Å². The lowest BCUT2D eigenvalue weighted by Gasteiger charge is -2.17. The van der Waals surface area contributed by atoms with E-state index in [0.717, 1.165) is 5.56 Å². The van der Waals surface area contributed by atoms with Crippen molar-refractivity contribution in [2.45, 2.75) is 49.7 Å². The van der Waals surface area contributed by atoms with Crippen molar-refractivity contribution in [3.05, 3.63) is 40.2 Å². The quantitative estimate of drug-likeness (QED) is 0.331. The van der Waals surface area contributed by atoms with Crippen molar-refractivity contribution in [3.63, 3.8) is 0 Å². The van der Waals surface area contributed by atoms with Gasteiger partial charge in [0.15, 0.2) is 11.8 Å². The molecule has 6 rings (SSSR count). The van der Waals surface area contributed by atoms with Crippen molar-refractivity contribution < 1.29 is 33.6 Å². The van der Waals surface area contributed by atoms with E-state index in [4.69, 9.17) is 35.7 Å². The van der Waals surface area contributed by atoms with E-state index in [1.807, 2.05) is 6.07 Å². The van der Waals surface area contributed by atoms with Crippen molar-refractivity contribution >= 4 is 28.6 Å². The van der Waals surface area contributed by atoms with E-state index in [0.29, 0.717) is 59.2 Å². The number of aromatic nitrogens is 3. The predicted molar refractivity (Wildman–Crippen MR) is 127 cm³/mol. The third-order valence-corrected chi connectivity index (χ3v) is 7.06. The molecule has 0 amide bonds. The SMILES string of the molecule is OCCCOc1cc(F)c2c(c1)CCC2Nc1nc2nc(O[C@@H]3CO[C@H]4[C@@H]3OC[C@H]4O)[nH]c2cc1Cl. The maximum atomic E-state index is 15.0. The van der Waals surface area contributed by atoms with Gasteiger partial charge < -0.3 is 39.5 Å². The van der Waals surface area contributed by atoms with Crippen molar-refractivity contribution in [2.24, 2.45) is 0 Å². The molecule has 10 nitrogen and oxygen atoms in total. The number of nitrogens with zero attached hydrogens (tertiary/aromatic N) is 2. The van der Waals surface area contributed by atoms with Gasteiger partial charge in [0, 0.05) is 24.7 Å². The minimum Gasteiger partial charge on any atom is -0.493 e. The Morgan fingerprint density at radius 2 is 2.06 bits per heavy atom. The van der Waals surface area contributed by atoms with Gasteiger partial charge in [-0.05, 0) is 30.5 Å². The Balaban J connectivity index is 1.18. The van der Waals surface area contributed by atoms with Gasteiger partial charge in [-0.1, -0.05) is 11.6 Å². The van der Waals surface area contributed by atoms with Crippen LogP contribution in [0.3, 0.4) is 0 Å². The number of ether oxygens (including phenoxy) is 4. The second-order valence-corrected chi connectivity index (χ2v) is 9.60. The van der Waals surface area contributed by atoms with Gasteiger partial charge in [0.25, 0.3) is 6.01 Å². The number of anilines is 1. The van der Waals surface area contributed by atoms with Crippen LogP contribution < -0.4 is 14.8 Å². The minimum absolute atomic E-state index is 0.0235. The predicted octanol–water partition coefficient (Wildman–Crippen LogP) is 2.52. The summed E-state index contributed by atoms with van der Waals surface area (Å²) in [5.74, 6) is 0.498. The molecular weight excluding hydrogens is 495 g/mol. The Labute approximate surface area is 210 Å². The van der Waals surface area contributed by atoms with Crippen LogP contribution in [0.2, 0.25) is 5.02 Å². The molecule has 2 fully saturated rings. The van der Waals surface area contributed by atoms with E-state index >= 15 is 0 Å². The van der Waals surface area contributed by atoms with Crippen LogP contribution in [0.1, 0.15) is 30.0 Å². The van der Waals surface area contributed by atoms with Crippen molar-refractivity contribution in [1.82, 2.24) is 15.0 Å². The molecule has 1 aliphatic carbocycles. The summed E-state index contributed by atoms with van der Waals surface area (Å²) in [6, 6.07) is 4.85. The van der Waals surface area contributed by atoms with Crippen LogP contribution in [0.15, 0.2) is 18.2 Å². The lowest BCUT2D eigenvalue weighted by Crippen LogP contribution is -2.34. The monoisotopic (exact) mass is 520 g/mol. The number of H-pyrrole nitrogens is 1. The Morgan fingerprint density at radius 1 is 1.19 bits per heavy atom. The van der Waals surface area contributed by atoms with Gasteiger partial charge in [-0.2, -0.15) is 4.98 Å². The summed E-state index contributed by atoms with van der Waals surface area (Å²) in [7, 11) is 0. The van der Waals surface area contributed by atoms with Crippen LogP contribution >= 0.6 is 11.6 Å². The highest BCUT2D eigenvalue weighted by Crippen LogP contribution is 2.39. The second kappa shape index (κ2) is 9.64. The first-order chi connectivity index (χ1) is 17.5. The second-order valence-electron chi connectivity index (χ2n) is 9.19. The number of aryl methyl sites for hydroxylation is 1. The fraction of sp³-hybridized carbons (Fsp3) is 0.500. The first kappa shape index (κ1) is 23.7. The van der Waals surface area contributed by atoms with Crippen LogP contribution in [-0.4, -0.2) is 76.0 Å². The van der Waals surface area contributed by atoms with Gasteiger partial charge in [-0.25, -0.2) is 9.37 Å². The Hall–Kier alpha value is -2.70. The summed E-state index contributed by atoms with van der Waals surface area (Å²) in [5, 5.41) is 22.5. The fourth-order valence-corrected chi connectivity index (χ4v) is 5.28. The normalized spacial score (nSPS) is 26.8. The maximum Gasteiger partial charge on any atom is 0.296 e. The summed E-state index contributed by atoms with van der Waals surface area (Å²) in [6.45, 7) is 0.848. The fourth-order valence-electron chi connectivity index (χ4n) is 5.08. The molecule has 2 saturated heterocycles. The van der Waals surface area contributed by atoms with Crippen LogP contribution in [0, 0.1) is 5.82 Å². The number of hydrogen-bond donors (Lipinski definition) is 4. The van der Waals surface area contributed by atoms with Gasteiger partial charge in [-0.15, -0.1) is 0 Å². The van der Waals surface area contributed by atoms with Gasteiger partial charge in [0.05, 0.1) is 36.4 Å². The number of rotatable bonds is 8. The molecule has 192 valence electrons. The number of aliphatic hydroxyl groups is 2. The highest BCUT2D eigenvalue weighted by molar-refractivity contribution is 6.33. The van der Waals surface area contributed by atoms with E-state index in [-0.39, 0.29) is 43.8 Å². The first-order valence-corrected chi connectivity index (χ1v) is 12.3. The van der Waals surface area contributed by atoms with Crippen LogP contribution in [-0.2, 0) is 15.9 Å². The van der Waals surface area contributed by atoms with Gasteiger partial charge in [0.1, 0.15) is 35.7 Å². The average Bonchev–Trinajstić information content (AvgIpc) is 3.61. The molecule has 1 unspecified atom stereocenters. The van der Waals surface area contributed by atoms with Crippen LogP contribution in [0.5, 0.6) is 11.8 Å². The number of imidazole rings is 1. The summed E-state index contributed by atoms with van der Waals surface area (Å²) < 4.78 is 37.7. The average molecular weight is 521 g/mol. The van der Waals surface area contributed by atoms with Gasteiger partial charge >= 0.3 is 0 Å². The number of benzene rings is 1. The van der Waals surface area contributed by atoms with Crippen molar-refractivity contribution in [3.8, 4) is 11.8 Å². The summed E-state index contributed by atoms with van der Waals surface area (Å²) >= 11 is 6.50. The number of fused-ring (bicyclic) bond motifs is 3. The van der Waals surface area contributed by atoms with E-state index < -0.39 is 18.3 Å². The molecule has 5 atom stereocenters. The van der Waals surface area contributed by atoms with Crippen molar-refractivity contribution in [2.75, 3.05) is 31.7 Å². The molecule has 36 heavy (non-hydrogen) atoms. The number of halogens is 2. The summed E-state index contributed by atoms with van der Waals surface area (Å²) in [5.41, 5.74) is 2.43. The molecule has 0 spiro atoms. The Bertz CT molecular complexity index is 1280. The van der Waals surface area contributed by atoms with Gasteiger partial charge in [0.2, 0.25) is 0 Å². The molecule has 1 aromatic carbocycles. The van der Waals surface area contributed by atoms with E-state index in [1.54, 1.807) is 6.07 Å². The molecule has 2 aliphatic heterocycles. The molecule has 0 saturated carbocycles. The summed E-state index contributed by atoms with van der Waals surface area (Å²) in [6.07, 6.45) is 0.0140. The highest BCUT2D eigenvalue weighted by Gasteiger charge is 2.48. The third kappa shape index (κ3) is 4.35. The molecule has 3 aliphatic rings. The zero-order valence-electron chi connectivity index (χ0n) is 19.2. The van der Waals surface area contributed by atoms with Gasteiger partial charge in [-0.3, -0.25) is 0 Å². The lowest BCUT2D eigenvalue weighted by atomic mass is 10.1. The zero-order chi connectivity index (χ0) is 24.8. The maximum absolute atomic E-state index is 15.0. The lowest BCUT2D eigenvalue weighted by molar-refractivity contribution is 0.00706. The number of aromatic amines is 1. The smallest absolute Gasteiger partial charge is 0.296 e. The number of hydrogen-bond acceptors (Lipinski definition) is 9. The topological polar surface area (TPSA) is 131 Å². The third-order valence-electron chi connectivity index (χ3n) is 6.77. The molecule has 3 aromatic rings. The number of aliphatic hydroxyl groups excluding tert-OH is 2. The molecule has 12 heteroatoms. The van der Waals surface area contributed by atoms with Crippen LogP contribution in [0.25, 0.3) is 11.2 Å². The molecule has 2 aromatic heterocycles. The molecule has 4 heterocycles. The summed E-state index contributed by atoms with van der Waals surface area (Å²) in [4.78, 5) is 12.0. The first-order valence-electron chi connectivity index (χ1n) is 12.0. The largest absolute Gasteiger partial charge is 0.493 e. The zero-order valence-corrected chi connectivity index (χ0v) is 20.0. The minimum atomic E-state index is -0.663. The Kier molecular flexibility index (Phi) is 6.34. The molecular formula is C24H26ClFN4O6. The van der Waals surface area contributed by atoms with Crippen LogP contribution in [0.4, 0.5) is 10.2 Å². The highest BCUT2D eigenvalue weighted by atomic mass is 35.5. The molecule has 0 bridgehead atoms.